The molecule has 0 fully saturated rings. The third-order valence-corrected chi connectivity index (χ3v) is 4.02. The number of benzene rings is 1. The molecule has 0 spiro atoms. The van der Waals surface area contributed by atoms with E-state index in [1.807, 2.05) is 59.3 Å². The first kappa shape index (κ1) is 14.2. The van der Waals surface area contributed by atoms with Crippen molar-refractivity contribution in [2.75, 3.05) is 0 Å². The molecule has 0 bridgehead atoms. The molecular formula is C18H16N6. The summed E-state index contributed by atoms with van der Waals surface area (Å²) in [7, 11) is 0. The van der Waals surface area contributed by atoms with E-state index in [0.717, 1.165) is 16.9 Å². The van der Waals surface area contributed by atoms with Gasteiger partial charge in [-0.2, -0.15) is 0 Å². The van der Waals surface area contributed by atoms with E-state index >= 15 is 0 Å². The molecule has 0 radical (unpaired) electrons. The molecule has 24 heavy (non-hydrogen) atoms. The molecule has 118 valence electrons. The highest BCUT2D eigenvalue weighted by Crippen LogP contribution is 2.35. The lowest BCUT2D eigenvalue weighted by molar-refractivity contribution is 0.640. The fraction of sp³-hybridized carbons (Fsp3) is 0.0556. The van der Waals surface area contributed by atoms with Crippen molar-refractivity contribution in [1.82, 2.24) is 19.9 Å². The number of guanidine groups is 1. The van der Waals surface area contributed by atoms with Gasteiger partial charge in [-0.1, -0.05) is 18.2 Å². The molecule has 0 saturated carbocycles. The summed E-state index contributed by atoms with van der Waals surface area (Å²) in [5.41, 5.74) is 8.05. The van der Waals surface area contributed by atoms with E-state index in [1.54, 1.807) is 24.9 Å². The molecule has 3 N–H and O–H groups in total. The van der Waals surface area contributed by atoms with Gasteiger partial charge in [-0.25, -0.2) is 9.98 Å². The lowest BCUT2D eigenvalue weighted by atomic mass is 9.86. The first-order valence-corrected chi connectivity index (χ1v) is 7.58. The van der Waals surface area contributed by atoms with Gasteiger partial charge in [0.1, 0.15) is 0 Å². The molecule has 6 heteroatoms. The molecule has 3 heterocycles. The summed E-state index contributed by atoms with van der Waals surface area (Å²) in [6, 6.07) is 13.9. The Balaban J connectivity index is 1.83. The Bertz CT molecular complexity index is 881. The zero-order valence-corrected chi connectivity index (χ0v) is 12.9. The zero-order chi connectivity index (χ0) is 16.4. The minimum absolute atomic E-state index is 0.363. The van der Waals surface area contributed by atoms with Crippen LogP contribution in [0.15, 0.2) is 84.7 Å². The van der Waals surface area contributed by atoms with Gasteiger partial charge in [-0.15, -0.1) is 0 Å². The van der Waals surface area contributed by atoms with Gasteiger partial charge in [-0.05, 0) is 35.9 Å². The van der Waals surface area contributed by atoms with E-state index in [-0.39, 0.29) is 0 Å². The van der Waals surface area contributed by atoms with Gasteiger partial charge in [0.2, 0.25) is 0 Å². The molecule has 1 aliphatic heterocycles. The van der Waals surface area contributed by atoms with Gasteiger partial charge >= 0.3 is 0 Å². The highest BCUT2D eigenvalue weighted by atomic mass is 15.1. The molecule has 0 saturated heterocycles. The lowest BCUT2D eigenvalue weighted by Gasteiger charge is -2.29. The molecule has 1 atom stereocenters. The van der Waals surface area contributed by atoms with Crippen LogP contribution in [-0.2, 0) is 5.54 Å². The fourth-order valence-corrected chi connectivity index (χ4v) is 2.85. The van der Waals surface area contributed by atoms with Crippen molar-refractivity contribution < 1.29 is 0 Å². The van der Waals surface area contributed by atoms with E-state index in [1.165, 1.54) is 0 Å². The van der Waals surface area contributed by atoms with Crippen LogP contribution in [0.1, 0.15) is 11.3 Å². The Labute approximate surface area is 139 Å². The van der Waals surface area contributed by atoms with Gasteiger partial charge in [0.05, 0.1) is 12.0 Å². The van der Waals surface area contributed by atoms with Crippen LogP contribution in [0, 0.1) is 0 Å². The summed E-state index contributed by atoms with van der Waals surface area (Å²) >= 11 is 0. The molecule has 3 aromatic rings. The molecule has 1 unspecified atom stereocenters. The maximum atomic E-state index is 5.94. The molecule has 6 nitrogen and oxygen atoms in total. The van der Waals surface area contributed by atoms with Crippen LogP contribution >= 0.6 is 0 Å². The van der Waals surface area contributed by atoms with Crippen molar-refractivity contribution in [3.05, 3.63) is 90.9 Å². The second-order valence-electron chi connectivity index (χ2n) is 5.47. The van der Waals surface area contributed by atoms with Crippen LogP contribution in [0.4, 0.5) is 0 Å². The predicted octanol–water partition coefficient (Wildman–Crippen LogP) is 1.94. The van der Waals surface area contributed by atoms with Gasteiger partial charge in [0.15, 0.2) is 11.5 Å². The van der Waals surface area contributed by atoms with Gasteiger partial charge < -0.3 is 15.6 Å². The third-order valence-electron chi connectivity index (χ3n) is 4.02. The second-order valence-corrected chi connectivity index (χ2v) is 5.47. The maximum absolute atomic E-state index is 5.94. The van der Waals surface area contributed by atoms with Crippen LogP contribution in [0.3, 0.4) is 0 Å². The molecule has 1 aromatic carbocycles. The summed E-state index contributed by atoms with van der Waals surface area (Å²) < 4.78 is 1.95. The molecule has 0 aliphatic carbocycles. The summed E-state index contributed by atoms with van der Waals surface area (Å²) in [6.07, 6.45) is 11.0. The normalized spacial score (nSPS) is 19.6. The van der Waals surface area contributed by atoms with E-state index in [9.17, 15) is 0 Å². The van der Waals surface area contributed by atoms with Crippen molar-refractivity contribution in [2.45, 2.75) is 5.54 Å². The number of hydrogen-bond donors (Lipinski definition) is 2. The average Bonchev–Trinajstić information content (AvgIpc) is 3.17. The Kier molecular flexibility index (Phi) is 3.35. The average molecular weight is 316 g/mol. The van der Waals surface area contributed by atoms with Crippen LogP contribution in [-0.4, -0.2) is 20.5 Å². The Morgan fingerprint density at radius 1 is 1.04 bits per heavy atom. The predicted molar refractivity (Wildman–Crippen MR) is 92.5 cm³/mol. The van der Waals surface area contributed by atoms with E-state index in [2.05, 4.69) is 20.3 Å². The monoisotopic (exact) mass is 316 g/mol. The summed E-state index contributed by atoms with van der Waals surface area (Å²) in [4.78, 5) is 13.2. The number of nitrogens with two attached hydrogens (primary N) is 1. The number of hydrogen-bond acceptors (Lipinski definition) is 5. The van der Waals surface area contributed by atoms with E-state index in [0.29, 0.717) is 5.96 Å². The highest BCUT2D eigenvalue weighted by Gasteiger charge is 2.34. The number of nitrogens with zero attached hydrogens (tertiary/aromatic N) is 4. The number of nitrogens with one attached hydrogen (secondary N) is 1. The third kappa shape index (κ3) is 2.34. The number of imidazole rings is 1. The van der Waals surface area contributed by atoms with Gasteiger partial charge in [-0.3, -0.25) is 4.98 Å². The quantitative estimate of drug-likeness (QED) is 0.774. The van der Waals surface area contributed by atoms with Crippen molar-refractivity contribution in [3.63, 3.8) is 0 Å². The SMILES string of the molecule is NC1=NC(c2ccc(-n3ccnc3)cc2)(c2ccccn2)C=CN1. The van der Waals surface area contributed by atoms with Crippen molar-refractivity contribution in [2.24, 2.45) is 10.7 Å². The van der Waals surface area contributed by atoms with E-state index in [4.69, 9.17) is 5.73 Å². The number of pyridine rings is 1. The zero-order valence-electron chi connectivity index (χ0n) is 12.9. The van der Waals surface area contributed by atoms with Crippen LogP contribution in [0.25, 0.3) is 5.69 Å². The number of aliphatic imine (C=N–C) groups is 1. The molecular weight excluding hydrogens is 300 g/mol. The molecule has 4 rings (SSSR count). The number of rotatable bonds is 3. The Hall–Kier alpha value is -3.41. The second kappa shape index (κ2) is 5.66. The van der Waals surface area contributed by atoms with E-state index < -0.39 is 5.54 Å². The lowest BCUT2D eigenvalue weighted by Crippen LogP contribution is -2.38. The topological polar surface area (TPSA) is 81.1 Å². The van der Waals surface area contributed by atoms with Crippen LogP contribution in [0.2, 0.25) is 0 Å². The molecule has 1 aliphatic rings. The fourth-order valence-electron chi connectivity index (χ4n) is 2.85. The summed E-state index contributed by atoms with van der Waals surface area (Å²) in [5.74, 6) is 0.363. The highest BCUT2D eigenvalue weighted by molar-refractivity contribution is 5.81. The van der Waals surface area contributed by atoms with Crippen LogP contribution in [0.5, 0.6) is 0 Å². The number of aromatic nitrogens is 3. The van der Waals surface area contributed by atoms with Crippen molar-refractivity contribution >= 4 is 5.96 Å². The Morgan fingerprint density at radius 2 is 1.92 bits per heavy atom. The maximum Gasteiger partial charge on any atom is 0.194 e. The van der Waals surface area contributed by atoms with Crippen LogP contribution < -0.4 is 11.1 Å². The summed E-state index contributed by atoms with van der Waals surface area (Å²) in [5, 5.41) is 2.92. The largest absolute Gasteiger partial charge is 0.370 e. The molecule has 2 aromatic heterocycles. The Morgan fingerprint density at radius 3 is 2.58 bits per heavy atom. The van der Waals surface area contributed by atoms with Crippen molar-refractivity contribution in [1.29, 1.82) is 0 Å². The van der Waals surface area contributed by atoms with Crippen molar-refractivity contribution in [3.8, 4) is 5.69 Å². The molecule has 0 amide bonds. The standard InChI is InChI=1S/C18H16N6/c19-17-22-10-8-18(23-17,16-3-1-2-9-21-16)14-4-6-15(7-5-14)24-12-11-20-13-24/h1-13H,(H3,19,22,23). The summed E-state index contributed by atoms with van der Waals surface area (Å²) in [6.45, 7) is 0. The minimum atomic E-state index is -0.732. The van der Waals surface area contributed by atoms with Gasteiger partial charge in [0.25, 0.3) is 0 Å². The minimum Gasteiger partial charge on any atom is -0.370 e. The first-order chi connectivity index (χ1) is 11.8. The smallest absolute Gasteiger partial charge is 0.194 e. The van der Waals surface area contributed by atoms with Gasteiger partial charge in [0, 0.05) is 30.5 Å². The first-order valence-electron chi connectivity index (χ1n) is 7.58.